The molecule has 0 amide bonds. The molecule has 0 fully saturated rings. The smallest absolute Gasteiger partial charge is 0.277 e. The number of nitro groups is 1. The van der Waals surface area contributed by atoms with Gasteiger partial charge in [-0.2, -0.15) is 0 Å². The van der Waals surface area contributed by atoms with Crippen LogP contribution in [0.25, 0.3) is 10.9 Å². The van der Waals surface area contributed by atoms with Gasteiger partial charge in [-0.3, -0.25) is 14.9 Å². The monoisotopic (exact) mass is 374 g/mol. The molecule has 0 N–H and O–H groups in total. The van der Waals surface area contributed by atoms with Gasteiger partial charge >= 0.3 is 0 Å². The molecule has 1 aromatic heterocycles. The summed E-state index contributed by atoms with van der Waals surface area (Å²) in [6, 6.07) is 20.1. The minimum atomic E-state index is -0.462. The fraction of sp³-hybridized carbons (Fsp3) is 0.0500. The number of non-ortho nitro benzene ring substituents is 1. The molecule has 0 spiro atoms. The Bertz CT molecular complexity index is 1200. The molecular weight excluding hydrogens is 360 g/mol. The van der Waals surface area contributed by atoms with Gasteiger partial charge in [0.15, 0.2) is 0 Å². The summed E-state index contributed by atoms with van der Waals surface area (Å²) in [5, 5.41) is 19.3. The lowest BCUT2D eigenvalue weighted by molar-refractivity contribution is -0.384. The number of hydrogen-bond donors (Lipinski definition) is 0. The number of nitrogens with zero attached hydrogens (tertiary/aromatic N) is 4. The zero-order valence-electron chi connectivity index (χ0n) is 14.6. The van der Waals surface area contributed by atoms with Crippen molar-refractivity contribution in [3.05, 3.63) is 98.8 Å². The van der Waals surface area contributed by atoms with Crippen molar-refractivity contribution in [1.82, 2.24) is 15.0 Å². The van der Waals surface area contributed by atoms with Crippen LogP contribution in [-0.2, 0) is 6.54 Å². The van der Waals surface area contributed by atoms with Crippen molar-refractivity contribution in [1.29, 1.82) is 0 Å². The maximum Gasteiger partial charge on any atom is 0.277 e. The molecule has 0 aliphatic carbocycles. The molecule has 0 radical (unpaired) electrons. The van der Waals surface area contributed by atoms with Gasteiger partial charge in [-0.05, 0) is 42.0 Å². The topological polar surface area (TPSA) is 100 Å². The zero-order valence-corrected chi connectivity index (χ0v) is 14.6. The van der Waals surface area contributed by atoms with Crippen LogP contribution in [0.5, 0.6) is 11.5 Å². The summed E-state index contributed by atoms with van der Waals surface area (Å²) < 4.78 is 6.99. The van der Waals surface area contributed by atoms with Crippen LogP contribution < -0.4 is 10.3 Å². The third kappa shape index (κ3) is 3.56. The Morgan fingerprint density at radius 2 is 1.57 bits per heavy atom. The highest BCUT2D eigenvalue weighted by atomic mass is 16.6. The van der Waals surface area contributed by atoms with Crippen molar-refractivity contribution >= 4 is 16.6 Å². The Hall–Kier alpha value is -4.07. The van der Waals surface area contributed by atoms with Crippen LogP contribution in [0.3, 0.4) is 0 Å². The summed E-state index contributed by atoms with van der Waals surface area (Å²) in [6.07, 6.45) is 0. The number of rotatable bonds is 5. The largest absolute Gasteiger partial charge is 0.457 e. The molecule has 1 heterocycles. The molecule has 0 unspecified atom stereocenters. The summed E-state index contributed by atoms with van der Waals surface area (Å²) in [7, 11) is 0. The van der Waals surface area contributed by atoms with E-state index in [0.29, 0.717) is 22.4 Å². The Labute approximate surface area is 158 Å². The van der Waals surface area contributed by atoms with Crippen LogP contribution in [0, 0.1) is 10.1 Å². The summed E-state index contributed by atoms with van der Waals surface area (Å²) in [5.74, 6) is 1.07. The number of hydrogen-bond acceptors (Lipinski definition) is 6. The SMILES string of the molecule is O=c1c2ccccc2nnn1Cc1ccc(Oc2ccc([N+](=O)[O-])cc2)cc1. The molecule has 0 aliphatic heterocycles. The van der Waals surface area contributed by atoms with Crippen LogP contribution in [0.4, 0.5) is 5.69 Å². The molecule has 8 nitrogen and oxygen atoms in total. The van der Waals surface area contributed by atoms with Gasteiger partial charge in [0.05, 0.1) is 16.9 Å². The lowest BCUT2D eigenvalue weighted by Crippen LogP contribution is -2.24. The number of aromatic nitrogens is 3. The molecule has 138 valence electrons. The molecule has 0 aliphatic rings. The predicted molar refractivity (Wildman–Crippen MR) is 103 cm³/mol. The van der Waals surface area contributed by atoms with Crippen molar-refractivity contribution in [2.24, 2.45) is 0 Å². The number of nitro benzene ring substituents is 1. The van der Waals surface area contributed by atoms with Crippen molar-refractivity contribution in [2.45, 2.75) is 6.54 Å². The Kier molecular flexibility index (Phi) is 4.51. The van der Waals surface area contributed by atoms with E-state index in [1.165, 1.54) is 28.9 Å². The molecule has 0 atom stereocenters. The molecule has 0 saturated carbocycles. The van der Waals surface area contributed by atoms with E-state index in [9.17, 15) is 14.9 Å². The van der Waals surface area contributed by atoms with E-state index in [-0.39, 0.29) is 17.8 Å². The third-order valence-corrected chi connectivity index (χ3v) is 4.17. The maximum atomic E-state index is 12.5. The molecule has 28 heavy (non-hydrogen) atoms. The van der Waals surface area contributed by atoms with Gasteiger partial charge in [0, 0.05) is 12.1 Å². The average Bonchev–Trinajstić information content (AvgIpc) is 2.72. The average molecular weight is 374 g/mol. The summed E-state index contributed by atoms with van der Waals surface area (Å²) in [4.78, 5) is 22.7. The van der Waals surface area contributed by atoms with Crippen LogP contribution >= 0.6 is 0 Å². The van der Waals surface area contributed by atoms with E-state index in [2.05, 4.69) is 10.3 Å². The lowest BCUT2D eigenvalue weighted by Gasteiger charge is -2.08. The van der Waals surface area contributed by atoms with Gasteiger partial charge < -0.3 is 4.74 Å². The highest BCUT2D eigenvalue weighted by molar-refractivity contribution is 5.76. The normalized spacial score (nSPS) is 10.7. The second-order valence-corrected chi connectivity index (χ2v) is 6.07. The first-order chi connectivity index (χ1) is 13.6. The quantitative estimate of drug-likeness (QED) is 0.391. The van der Waals surface area contributed by atoms with Crippen molar-refractivity contribution < 1.29 is 9.66 Å². The van der Waals surface area contributed by atoms with E-state index in [1.54, 1.807) is 30.3 Å². The maximum absolute atomic E-state index is 12.5. The standard InChI is InChI=1S/C20H14N4O4/c25-20-18-3-1-2-4-19(18)21-22-23(20)13-14-5-9-16(10-6-14)28-17-11-7-15(8-12-17)24(26)27/h1-12H,13H2. The number of fused-ring (bicyclic) bond motifs is 1. The predicted octanol–water partition coefficient (Wildman–Crippen LogP) is 3.54. The third-order valence-electron chi connectivity index (χ3n) is 4.17. The highest BCUT2D eigenvalue weighted by Gasteiger charge is 2.07. The molecule has 4 aromatic rings. The fourth-order valence-corrected chi connectivity index (χ4v) is 2.73. The summed E-state index contributed by atoms with van der Waals surface area (Å²) >= 11 is 0. The molecular formula is C20H14N4O4. The molecule has 3 aromatic carbocycles. The van der Waals surface area contributed by atoms with Gasteiger partial charge in [0.1, 0.15) is 17.0 Å². The Morgan fingerprint density at radius 1 is 0.929 bits per heavy atom. The van der Waals surface area contributed by atoms with E-state index in [1.807, 2.05) is 18.2 Å². The molecule has 0 bridgehead atoms. The minimum absolute atomic E-state index is 0.00429. The van der Waals surface area contributed by atoms with E-state index >= 15 is 0 Å². The molecule has 0 saturated heterocycles. The second-order valence-electron chi connectivity index (χ2n) is 6.07. The van der Waals surface area contributed by atoms with Crippen molar-refractivity contribution in [2.75, 3.05) is 0 Å². The number of ether oxygens (including phenoxy) is 1. The van der Waals surface area contributed by atoms with Crippen LogP contribution in [0.2, 0.25) is 0 Å². The first kappa shape index (κ1) is 17.3. The highest BCUT2D eigenvalue weighted by Crippen LogP contribution is 2.24. The number of benzene rings is 3. The fourth-order valence-electron chi connectivity index (χ4n) is 2.73. The van der Waals surface area contributed by atoms with E-state index in [0.717, 1.165) is 5.56 Å². The summed E-state index contributed by atoms with van der Waals surface area (Å²) in [6.45, 7) is 0.286. The molecule has 8 heteroatoms. The van der Waals surface area contributed by atoms with Crippen LogP contribution in [0.15, 0.2) is 77.6 Å². The Morgan fingerprint density at radius 3 is 2.25 bits per heavy atom. The van der Waals surface area contributed by atoms with Crippen molar-refractivity contribution in [3.8, 4) is 11.5 Å². The first-order valence-corrected chi connectivity index (χ1v) is 8.44. The molecule has 4 rings (SSSR count). The zero-order chi connectivity index (χ0) is 19.5. The van der Waals surface area contributed by atoms with Gasteiger partial charge in [0.2, 0.25) is 0 Å². The van der Waals surface area contributed by atoms with E-state index in [4.69, 9.17) is 4.74 Å². The van der Waals surface area contributed by atoms with Crippen molar-refractivity contribution in [3.63, 3.8) is 0 Å². The van der Waals surface area contributed by atoms with Gasteiger partial charge in [-0.25, -0.2) is 4.68 Å². The van der Waals surface area contributed by atoms with Gasteiger partial charge in [-0.1, -0.05) is 29.5 Å². The Balaban J connectivity index is 1.50. The van der Waals surface area contributed by atoms with E-state index < -0.39 is 4.92 Å². The minimum Gasteiger partial charge on any atom is -0.457 e. The van der Waals surface area contributed by atoms with Crippen LogP contribution in [-0.4, -0.2) is 19.9 Å². The first-order valence-electron chi connectivity index (χ1n) is 8.44. The lowest BCUT2D eigenvalue weighted by atomic mass is 10.2. The summed E-state index contributed by atoms with van der Waals surface area (Å²) in [5.41, 5.74) is 1.24. The second kappa shape index (κ2) is 7.28. The van der Waals surface area contributed by atoms with Crippen LogP contribution in [0.1, 0.15) is 5.56 Å². The van der Waals surface area contributed by atoms with Gasteiger partial charge in [0.25, 0.3) is 11.2 Å². The van der Waals surface area contributed by atoms with Gasteiger partial charge in [-0.15, -0.1) is 5.10 Å².